The van der Waals surface area contributed by atoms with Crippen LogP contribution in [0.1, 0.15) is 30.9 Å². The Morgan fingerprint density at radius 3 is 2.60 bits per heavy atom. The van der Waals surface area contributed by atoms with Crippen molar-refractivity contribution in [3.63, 3.8) is 0 Å². The lowest BCUT2D eigenvalue weighted by Gasteiger charge is -2.13. The second-order valence-corrected chi connectivity index (χ2v) is 7.04. The molecule has 0 saturated carbocycles. The molecule has 1 heterocycles. The van der Waals surface area contributed by atoms with Gasteiger partial charge in [0.25, 0.3) is 5.69 Å². The van der Waals surface area contributed by atoms with Gasteiger partial charge in [0.15, 0.2) is 11.5 Å². The Labute approximate surface area is 173 Å². The topological polar surface area (TPSA) is 104 Å². The lowest BCUT2D eigenvalue weighted by Crippen LogP contribution is -2.00. The highest BCUT2D eigenvalue weighted by atomic mass is 16.6. The zero-order chi connectivity index (χ0) is 21.8. The maximum absolute atomic E-state index is 11.4. The number of aromatic nitrogens is 1. The first-order chi connectivity index (χ1) is 14.3. The number of hydrogen-bond donors (Lipinski definition) is 1. The fraction of sp³-hybridized carbons (Fsp3) is 0.318. The van der Waals surface area contributed by atoms with Crippen molar-refractivity contribution in [3.8, 4) is 17.2 Å². The van der Waals surface area contributed by atoms with E-state index in [2.05, 4.69) is 6.92 Å². The van der Waals surface area contributed by atoms with Gasteiger partial charge in [-0.2, -0.15) is 0 Å². The third kappa shape index (κ3) is 4.22. The molecule has 0 aliphatic rings. The molecular weight excluding hydrogens is 388 g/mol. The minimum atomic E-state index is -0.946. The molecule has 0 spiro atoms. The van der Waals surface area contributed by atoms with Crippen LogP contribution in [0.25, 0.3) is 16.6 Å². The molecule has 0 unspecified atom stereocenters. The number of benzene rings is 2. The zero-order valence-corrected chi connectivity index (χ0v) is 17.2. The average molecular weight is 412 g/mol. The molecule has 158 valence electrons. The van der Waals surface area contributed by atoms with Gasteiger partial charge in [-0.1, -0.05) is 13.3 Å². The van der Waals surface area contributed by atoms with Gasteiger partial charge in [-0.25, -0.2) is 0 Å². The number of nitrogens with zero attached hydrogens (tertiary/aromatic N) is 2. The zero-order valence-electron chi connectivity index (χ0n) is 17.2. The number of hydrogen-bond acceptors (Lipinski definition) is 5. The Kier molecular flexibility index (Phi) is 6.25. The molecule has 3 rings (SSSR count). The summed E-state index contributed by atoms with van der Waals surface area (Å²) in [5.74, 6) is 0.154. The van der Waals surface area contributed by atoms with Crippen molar-refractivity contribution >= 4 is 22.6 Å². The predicted octanol–water partition coefficient (Wildman–Crippen LogP) is 4.66. The first-order valence-electron chi connectivity index (χ1n) is 9.67. The summed E-state index contributed by atoms with van der Waals surface area (Å²) in [5, 5.41) is 21.2. The van der Waals surface area contributed by atoms with Crippen molar-refractivity contribution in [2.75, 3.05) is 13.7 Å². The molecule has 0 aliphatic carbocycles. The number of carboxylic acids is 1. The molecule has 1 N–H and O–H groups in total. The van der Waals surface area contributed by atoms with E-state index < -0.39 is 10.9 Å². The molecule has 0 aliphatic heterocycles. The van der Waals surface area contributed by atoms with Crippen molar-refractivity contribution < 1.29 is 24.3 Å². The van der Waals surface area contributed by atoms with Crippen LogP contribution >= 0.6 is 0 Å². The third-order valence-electron chi connectivity index (χ3n) is 4.92. The van der Waals surface area contributed by atoms with Crippen LogP contribution in [0.4, 0.5) is 5.69 Å². The normalized spacial score (nSPS) is 10.9. The molecule has 8 heteroatoms. The highest BCUT2D eigenvalue weighted by Crippen LogP contribution is 2.37. The fourth-order valence-electron chi connectivity index (χ4n) is 3.43. The maximum Gasteiger partial charge on any atom is 0.307 e. The van der Waals surface area contributed by atoms with Crippen LogP contribution in [0.15, 0.2) is 36.5 Å². The van der Waals surface area contributed by atoms with Gasteiger partial charge >= 0.3 is 5.97 Å². The first-order valence-corrected chi connectivity index (χ1v) is 9.67. The quantitative estimate of drug-likeness (QED) is 0.311. The van der Waals surface area contributed by atoms with E-state index in [-0.39, 0.29) is 12.1 Å². The van der Waals surface area contributed by atoms with Crippen molar-refractivity contribution in [1.82, 2.24) is 4.57 Å². The monoisotopic (exact) mass is 412 g/mol. The molecule has 8 nitrogen and oxygen atoms in total. The summed E-state index contributed by atoms with van der Waals surface area (Å²) in [6.07, 6.45) is 3.48. The minimum absolute atomic E-state index is 0.00246. The lowest BCUT2D eigenvalue weighted by molar-refractivity contribution is -0.384. The van der Waals surface area contributed by atoms with Crippen LogP contribution < -0.4 is 9.47 Å². The van der Waals surface area contributed by atoms with Gasteiger partial charge in [-0.05, 0) is 36.6 Å². The number of non-ortho nitro benzene ring substituents is 1. The van der Waals surface area contributed by atoms with Crippen molar-refractivity contribution in [3.05, 3.63) is 57.8 Å². The number of unbranched alkanes of at least 4 members (excludes halogenated alkanes) is 1. The van der Waals surface area contributed by atoms with E-state index in [1.165, 1.54) is 12.1 Å². The van der Waals surface area contributed by atoms with Gasteiger partial charge in [0.05, 0.1) is 30.6 Å². The number of nitro benzene ring substituents is 1. The number of carbonyl (C=O) groups is 1. The van der Waals surface area contributed by atoms with Crippen molar-refractivity contribution in [2.24, 2.45) is 0 Å². The van der Waals surface area contributed by atoms with Crippen LogP contribution in [-0.2, 0) is 11.2 Å². The van der Waals surface area contributed by atoms with Gasteiger partial charge in [-0.15, -0.1) is 0 Å². The minimum Gasteiger partial charge on any atom is -0.493 e. The Morgan fingerprint density at radius 1 is 1.23 bits per heavy atom. The van der Waals surface area contributed by atoms with Gasteiger partial charge < -0.3 is 19.1 Å². The second kappa shape index (κ2) is 8.86. The van der Waals surface area contributed by atoms with Crippen LogP contribution in [0.2, 0.25) is 0 Å². The summed E-state index contributed by atoms with van der Waals surface area (Å²) in [6, 6.07) is 8.21. The molecular formula is C22H24N2O6. The molecule has 1 aromatic heterocycles. The Balaban J connectivity index is 2.19. The van der Waals surface area contributed by atoms with E-state index >= 15 is 0 Å². The molecule has 2 aromatic carbocycles. The standard InChI is InChI=1S/C22H24N2O6/c1-4-5-8-30-21-11-17-15(10-22(25)26)13-23(19(17)12-20(21)29-3)18-7-6-16(24(27)28)9-14(18)2/h6-7,9,11-13H,4-5,8,10H2,1-3H3,(H,25,26). The van der Waals surface area contributed by atoms with Crippen LogP contribution in [0.3, 0.4) is 0 Å². The smallest absolute Gasteiger partial charge is 0.307 e. The van der Waals surface area contributed by atoms with E-state index in [9.17, 15) is 20.0 Å². The van der Waals surface area contributed by atoms with E-state index in [1.807, 2.05) is 10.6 Å². The number of ether oxygens (including phenoxy) is 2. The molecule has 30 heavy (non-hydrogen) atoms. The summed E-state index contributed by atoms with van der Waals surface area (Å²) in [4.78, 5) is 22.1. The SMILES string of the molecule is CCCCOc1cc2c(CC(=O)O)cn(-c3ccc([N+](=O)[O-])cc3C)c2cc1OC. The van der Waals surface area contributed by atoms with E-state index in [0.29, 0.717) is 29.2 Å². The fourth-order valence-corrected chi connectivity index (χ4v) is 3.43. The van der Waals surface area contributed by atoms with Gasteiger partial charge in [0, 0.05) is 35.5 Å². The van der Waals surface area contributed by atoms with Crippen LogP contribution in [0, 0.1) is 17.0 Å². The highest BCUT2D eigenvalue weighted by Gasteiger charge is 2.19. The summed E-state index contributed by atoms with van der Waals surface area (Å²) < 4.78 is 13.2. The number of aliphatic carboxylic acids is 1. The molecule has 3 aromatic rings. The number of rotatable bonds is 9. The number of aryl methyl sites for hydroxylation is 1. The van der Waals surface area contributed by atoms with Crippen molar-refractivity contribution in [1.29, 1.82) is 0 Å². The molecule has 0 fully saturated rings. The maximum atomic E-state index is 11.4. The first kappa shape index (κ1) is 21.2. The predicted molar refractivity (Wildman–Crippen MR) is 113 cm³/mol. The molecule has 0 radical (unpaired) electrons. The van der Waals surface area contributed by atoms with Gasteiger partial charge in [0.1, 0.15) is 0 Å². The Hall–Kier alpha value is -3.55. The highest BCUT2D eigenvalue weighted by molar-refractivity contribution is 5.91. The summed E-state index contributed by atoms with van der Waals surface area (Å²) >= 11 is 0. The number of methoxy groups -OCH3 is 1. The Morgan fingerprint density at radius 2 is 2.00 bits per heavy atom. The van der Waals surface area contributed by atoms with Crippen LogP contribution in [0.5, 0.6) is 11.5 Å². The largest absolute Gasteiger partial charge is 0.493 e. The Bertz CT molecular complexity index is 1100. The summed E-state index contributed by atoms with van der Waals surface area (Å²) in [6.45, 7) is 4.39. The summed E-state index contributed by atoms with van der Waals surface area (Å²) in [7, 11) is 1.55. The molecule has 0 amide bonds. The average Bonchev–Trinajstić information content (AvgIpc) is 3.03. The number of carboxylic acid groups (broad SMARTS) is 1. The van der Waals surface area contributed by atoms with Crippen LogP contribution in [-0.4, -0.2) is 34.3 Å². The molecule has 0 saturated heterocycles. The molecule has 0 atom stereocenters. The third-order valence-corrected chi connectivity index (χ3v) is 4.92. The van der Waals surface area contributed by atoms with E-state index in [1.54, 1.807) is 32.4 Å². The molecule has 0 bridgehead atoms. The van der Waals surface area contributed by atoms with Gasteiger partial charge in [-0.3, -0.25) is 14.9 Å². The number of fused-ring (bicyclic) bond motifs is 1. The van der Waals surface area contributed by atoms with Gasteiger partial charge in [0.2, 0.25) is 0 Å². The lowest BCUT2D eigenvalue weighted by atomic mass is 10.1. The number of nitro groups is 1. The van der Waals surface area contributed by atoms with E-state index in [0.717, 1.165) is 29.4 Å². The van der Waals surface area contributed by atoms with Crippen molar-refractivity contribution in [2.45, 2.75) is 33.1 Å². The van der Waals surface area contributed by atoms with E-state index in [4.69, 9.17) is 9.47 Å². The summed E-state index contributed by atoms with van der Waals surface area (Å²) in [5.41, 5.74) is 2.79. The second-order valence-electron chi connectivity index (χ2n) is 7.04.